The Morgan fingerprint density at radius 1 is 1.15 bits per heavy atom. The molecule has 256 valence electrons. The van der Waals surface area contributed by atoms with Crippen molar-refractivity contribution in [2.45, 2.75) is 68.7 Å². The van der Waals surface area contributed by atoms with Crippen LogP contribution in [0.25, 0.3) is 5.65 Å². The number of aryl methyl sites for hydroxylation is 2. The number of rotatable bonds is 10. The minimum atomic E-state index is -4.73. The molecule has 6 rings (SSSR count). The van der Waals surface area contributed by atoms with Crippen molar-refractivity contribution in [1.29, 1.82) is 0 Å². The average Bonchev–Trinajstić information content (AvgIpc) is 3.63. The minimum absolute atomic E-state index is 0.00939. The summed E-state index contributed by atoms with van der Waals surface area (Å²) < 4.78 is 77.2. The zero-order chi connectivity index (χ0) is 34.6. The Balaban J connectivity index is 1.36. The van der Waals surface area contributed by atoms with Gasteiger partial charge in [-0.3, -0.25) is 9.20 Å². The van der Waals surface area contributed by atoms with E-state index in [0.29, 0.717) is 53.9 Å². The number of ether oxygens (including phenoxy) is 1. The Bertz CT molecular complexity index is 2000. The van der Waals surface area contributed by atoms with Crippen molar-refractivity contribution in [3.05, 3.63) is 76.2 Å². The Morgan fingerprint density at radius 2 is 1.90 bits per heavy atom. The number of carboxylic acid groups (broad SMARTS) is 1. The Morgan fingerprint density at radius 3 is 2.56 bits per heavy atom. The molecule has 0 saturated heterocycles. The summed E-state index contributed by atoms with van der Waals surface area (Å²) in [5, 5.41) is 26.1. The molecule has 1 fully saturated rings. The fourth-order valence-corrected chi connectivity index (χ4v) is 7.70. The van der Waals surface area contributed by atoms with E-state index in [1.165, 1.54) is 22.6 Å². The number of hydrogen-bond donors (Lipinski definition) is 2. The van der Waals surface area contributed by atoms with E-state index in [-0.39, 0.29) is 42.5 Å². The Hall–Kier alpha value is -4.28. The number of aliphatic carboxylic acids is 1. The third kappa shape index (κ3) is 6.31. The molecule has 2 aliphatic rings. The van der Waals surface area contributed by atoms with Crippen molar-refractivity contribution < 1.29 is 41.3 Å². The topological polar surface area (TPSA) is 150 Å². The van der Waals surface area contributed by atoms with E-state index in [9.17, 15) is 36.6 Å². The van der Waals surface area contributed by atoms with Gasteiger partial charge in [0, 0.05) is 38.9 Å². The molecular formula is C32H35F3N6O6S. The standard InChI is InChI=1S/C32H35F3N6O6S/c1-19-5-6-21(24(16-27(43)44)23-9-13-41-28(20(23)2)37-38-30(41)32(33,34)35)15-22(19)17-40-18-31(10-11-31)47-29-25(48(40,45)46)7-8-26(36-29)39(3)12-4-14-42/h5-9,13,15,24,42H,4,10-12,14,16-18H2,1-3H3,(H,43,44). The zero-order valence-electron chi connectivity index (χ0n) is 26.5. The number of hydrogen-bond acceptors (Lipinski definition) is 9. The molecule has 0 amide bonds. The maximum absolute atomic E-state index is 14.1. The molecule has 3 aromatic heterocycles. The second kappa shape index (κ2) is 12.3. The third-order valence-corrected chi connectivity index (χ3v) is 10.9. The van der Waals surface area contributed by atoms with Crippen molar-refractivity contribution in [1.82, 2.24) is 23.9 Å². The van der Waals surface area contributed by atoms with Crippen LogP contribution < -0.4 is 9.64 Å². The van der Waals surface area contributed by atoms with E-state index >= 15 is 0 Å². The molecule has 2 N–H and O–H groups in total. The molecule has 4 aromatic rings. The maximum Gasteiger partial charge on any atom is 0.452 e. The van der Waals surface area contributed by atoms with Gasteiger partial charge in [-0.25, -0.2) is 8.42 Å². The van der Waals surface area contributed by atoms with Crippen LogP contribution in [0.1, 0.15) is 65.2 Å². The number of carboxylic acids is 1. The summed E-state index contributed by atoms with van der Waals surface area (Å²) in [7, 11) is -2.29. The van der Waals surface area contributed by atoms with E-state index in [2.05, 4.69) is 15.2 Å². The van der Waals surface area contributed by atoms with Crippen molar-refractivity contribution >= 4 is 27.5 Å². The molecule has 1 aliphatic carbocycles. The number of aliphatic hydroxyl groups excluding tert-OH is 1. The second-order valence-corrected chi connectivity index (χ2v) is 14.4. The maximum atomic E-state index is 14.1. The van der Waals surface area contributed by atoms with Crippen LogP contribution in [-0.4, -0.2) is 80.8 Å². The smallest absolute Gasteiger partial charge is 0.452 e. The summed E-state index contributed by atoms with van der Waals surface area (Å²) >= 11 is 0. The van der Waals surface area contributed by atoms with Crippen LogP contribution in [0, 0.1) is 13.8 Å². The number of benzene rings is 1. The van der Waals surface area contributed by atoms with Crippen molar-refractivity contribution in [2.24, 2.45) is 0 Å². The van der Waals surface area contributed by atoms with Gasteiger partial charge in [-0.1, -0.05) is 18.2 Å². The van der Waals surface area contributed by atoms with Crippen LogP contribution in [0.5, 0.6) is 5.88 Å². The van der Waals surface area contributed by atoms with Gasteiger partial charge in [0.2, 0.25) is 21.7 Å². The number of sulfonamides is 1. The van der Waals surface area contributed by atoms with Crippen LogP contribution in [0.3, 0.4) is 0 Å². The van der Waals surface area contributed by atoms with Crippen LogP contribution in [-0.2, 0) is 27.5 Å². The lowest BCUT2D eigenvalue weighted by atomic mass is 9.85. The minimum Gasteiger partial charge on any atom is -0.481 e. The highest BCUT2D eigenvalue weighted by molar-refractivity contribution is 7.89. The molecular weight excluding hydrogens is 653 g/mol. The van der Waals surface area contributed by atoms with Crippen molar-refractivity contribution in [3.63, 3.8) is 0 Å². The lowest BCUT2D eigenvalue weighted by molar-refractivity contribution is -0.145. The number of nitrogens with zero attached hydrogens (tertiary/aromatic N) is 6. The van der Waals surface area contributed by atoms with Crippen molar-refractivity contribution in [3.8, 4) is 5.88 Å². The molecule has 48 heavy (non-hydrogen) atoms. The highest BCUT2D eigenvalue weighted by Crippen LogP contribution is 2.46. The summed E-state index contributed by atoms with van der Waals surface area (Å²) in [5.41, 5.74) is 2.02. The predicted octanol–water partition coefficient (Wildman–Crippen LogP) is 4.30. The predicted molar refractivity (Wildman–Crippen MR) is 167 cm³/mol. The first-order chi connectivity index (χ1) is 22.6. The van der Waals surface area contributed by atoms with Gasteiger partial charge in [0.05, 0.1) is 13.0 Å². The average molecular weight is 689 g/mol. The van der Waals surface area contributed by atoms with Gasteiger partial charge in [0.15, 0.2) is 5.65 Å². The first kappa shape index (κ1) is 33.6. The molecule has 4 heterocycles. The van der Waals surface area contributed by atoms with Crippen LogP contribution in [0.2, 0.25) is 0 Å². The molecule has 1 saturated carbocycles. The summed E-state index contributed by atoms with van der Waals surface area (Å²) in [6.07, 6.45) is -2.11. The van der Waals surface area contributed by atoms with Gasteiger partial charge in [-0.15, -0.1) is 10.2 Å². The zero-order valence-corrected chi connectivity index (χ0v) is 27.3. The number of anilines is 1. The Labute approximate surface area is 274 Å². The highest BCUT2D eigenvalue weighted by atomic mass is 32.2. The number of alkyl halides is 3. The van der Waals surface area contributed by atoms with Gasteiger partial charge in [0.25, 0.3) is 0 Å². The molecule has 1 spiro atoms. The molecule has 0 bridgehead atoms. The fraction of sp³-hybridized carbons (Fsp3) is 0.438. The van der Waals surface area contributed by atoms with Crippen LogP contribution >= 0.6 is 0 Å². The summed E-state index contributed by atoms with van der Waals surface area (Å²) in [5.74, 6) is -2.53. The van der Waals surface area contributed by atoms with E-state index in [4.69, 9.17) is 4.74 Å². The molecule has 0 radical (unpaired) electrons. The summed E-state index contributed by atoms with van der Waals surface area (Å²) in [4.78, 5) is 18.4. The molecule has 12 nitrogen and oxygen atoms in total. The number of fused-ring (bicyclic) bond motifs is 2. The third-order valence-electron chi connectivity index (χ3n) is 9.05. The lowest BCUT2D eigenvalue weighted by Crippen LogP contribution is -2.38. The highest BCUT2D eigenvalue weighted by Gasteiger charge is 2.52. The van der Waals surface area contributed by atoms with Crippen molar-refractivity contribution in [2.75, 3.05) is 31.6 Å². The van der Waals surface area contributed by atoms with E-state index in [0.717, 1.165) is 9.96 Å². The first-order valence-electron chi connectivity index (χ1n) is 15.4. The molecule has 16 heteroatoms. The Kier molecular flexibility index (Phi) is 8.62. The van der Waals surface area contributed by atoms with Gasteiger partial charge < -0.3 is 19.8 Å². The van der Waals surface area contributed by atoms with Crippen LogP contribution in [0.4, 0.5) is 19.0 Å². The number of aromatic nitrogens is 4. The molecule has 1 unspecified atom stereocenters. The summed E-state index contributed by atoms with van der Waals surface area (Å²) in [6.45, 7) is 4.00. The van der Waals surface area contributed by atoms with Gasteiger partial charge in [-0.2, -0.15) is 22.5 Å². The molecule has 1 aromatic carbocycles. The van der Waals surface area contributed by atoms with E-state index in [1.54, 1.807) is 38.2 Å². The second-order valence-electron chi connectivity index (χ2n) is 12.5. The number of pyridine rings is 2. The monoisotopic (exact) mass is 688 g/mol. The number of aliphatic hydroxyl groups is 1. The lowest BCUT2D eigenvalue weighted by Gasteiger charge is -2.25. The number of halogens is 3. The largest absolute Gasteiger partial charge is 0.481 e. The summed E-state index contributed by atoms with van der Waals surface area (Å²) in [6, 6.07) is 9.82. The molecule has 1 atom stereocenters. The fourth-order valence-electron chi connectivity index (χ4n) is 6.16. The normalized spacial score (nSPS) is 17.5. The molecule has 1 aliphatic heterocycles. The number of carbonyl (C=O) groups is 1. The van der Waals surface area contributed by atoms with Gasteiger partial charge in [-0.05, 0) is 79.1 Å². The SMILES string of the molecule is Cc1ccc(C(CC(=O)O)c2ccn3c(C(F)(F)F)nnc3c2C)cc1CN1CC2(CC2)Oc2nc(N(C)CCCO)ccc2S1(=O)=O. The van der Waals surface area contributed by atoms with Gasteiger partial charge >= 0.3 is 12.1 Å². The van der Waals surface area contributed by atoms with E-state index in [1.807, 2.05) is 11.8 Å². The van der Waals surface area contributed by atoms with Crippen LogP contribution in [0.15, 0.2) is 47.5 Å². The van der Waals surface area contributed by atoms with Gasteiger partial charge in [0.1, 0.15) is 16.3 Å². The first-order valence-corrected chi connectivity index (χ1v) is 16.8. The van der Waals surface area contributed by atoms with E-state index < -0.39 is 39.5 Å². The quantitative estimate of drug-likeness (QED) is 0.247.